The van der Waals surface area contributed by atoms with Gasteiger partial charge in [-0.3, -0.25) is 9.51 Å². The van der Waals surface area contributed by atoms with Crippen LogP contribution in [0.15, 0.2) is 9.32 Å². The van der Waals surface area contributed by atoms with Crippen molar-refractivity contribution in [3.05, 3.63) is 15.6 Å². The number of H-pyrrole nitrogens is 1. The van der Waals surface area contributed by atoms with Crippen molar-refractivity contribution in [2.75, 3.05) is 7.11 Å². The molecule has 14 heavy (non-hydrogen) atoms. The first-order valence-corrected chi connectivity index (χ1v) is 4.60. The average molecular weight is 213 g/mol. The van der Waals surface area contributed by atoms with Crippen LogP contribution in [0.5, 0.6) is 5.88 Å². The number of thiazole rings is 1. The Labute approximate surface area is 82.5 Å². The summed E-state index contributed by atoms with van der Waals surface area (Å²) in [5.41, 5.74) is 0. The summed E-state index contributed by atoms with van der Waals surface area (Å²) in [6, 6.07) is 0. The zero-order chi connectivity index (χ0) is 10.1. The van der Waals surface area contributed by atoms with Crippen LogP contribution in [0.4, 0.5) is 0 Å². The van der Waals surface area contributed by atoms with Crippen molar-refractivity contribution in [1.29, 1.82) is 0 Å². The molecular formula is C7H7N3O3S. The number of hydrogen-bond donors (Lipinski definition) is 1. The molecule has 0 atom stereocenters. The van der Waals surface area contributed by atoms with Crippen LogP contribution < -0.4 is 10.5 Å². The monoisotopic (exact) mass is 213 g/mol. The van der Waals surface area contributed by atoms with Gasteiger partial charge in [-0.1, -0.05) is 5.16 Å². The molecule has 0 fully saturated rings. The van der Waals surface area contributed by atoms with Crippen molar-refractivity contribution < 1.29 is 9.26 Å². The molecule has 0 unspecified atom stereocenters. The summed E-state index contributed by atoms with van der Waals surface area (Å²) in [6.45, 7) is 1.84. The first-order chi connectivity index (χ1) is 6.70. The van der Waals surface area contributed by atoms with Crippen LogP contribution in [0.1, 0.15) is 5.01 Å². The Hall–Kier alpha value is -1.63. The van der Waals surface area contributed by atoms with E-state index in [1.165, 1.54) is 18.4 Å². The minimum absolute atomic E-state index is 0.345. The molecule has 0 aromatic carbocycles. The summed E-state index contributed by atoms with van der Waals surface area (Å²) in [4.78, 5) is 17.9. The van der Waals surface area contributed by atoms with Gasteiger partial charge in [0.25, 0.3) is 0 Å². The van der Waals surface area contributed by atoms with Crippen LogP contribution >= 0.6 is 11.3 Å². The molecular weight excluding hydrogens is 206 g/mol. The normalized spacial score (nSPS) is 10.4. The number of rotatable bonds is 2. The molecule has 7 heteroatoms. The van der Waals surface area contributed by atoms with Gasteiger partial charge in [-0.25, -0.2) is 9.78 Å². The molecule has 6 nitrogen and oxygen atoms in total. The molecule has 2 heterocycles. The van der Waals surface area contributed by atoms with Crippen LogP contribution in [-0.4, -0.2) is 22.2 Å². The highest BCUT2D eigenvalue weighted by Gasteiger charge is 2.15. The molecule has 74 valence electrons. The lowest BCUT2D eigenvalue weighted by atomic mass is 10.5. The Morgan fingerprint density at radius 2 is 2.36 bits per heavy atom. The van der Waals surface area contributed by atoms with E-state index in [-0.39, 0.29) is 0 Å². The van der Waals surface area contributed by atoms with E-state index in [4.69, 9.17) is 4.74 Å². The molecule has 0 spiro atoms. The molecule has 2 aromatic heterocycles. The second-order valence-corrected chi connectivity index (χ2v) is 3.72. The largest absolute Gasteiger partial charge is 0.480 e. The number of hydrogen-bond acceptors (Lipinski definition) is 6. The standard InChI is InChI=1S/C7H7N3O3S/c1-3-8-6(12-2)4(14-3)5-9-7(11)13-10-5/h1-2H3,(H,9,10,11). The predicted octanol–water partition coefficient (Wildman–Crippen LogP) is 0.803. The number of aryl methyl sites for hydroxylation is 1. The summed E-state index contributed by atoms with van der Waals surface area (Å²) in [5, 5.41) is 4.39. The third-order valence-electron chi connectivity index (χ3n) is 1.55. The SMILES string of the molecule is COc1nc(C)sc1-c1noc(=O)[nH]1. The Bertz CT molecular complexity index is 498. The highest BCUT2D eigenvalue weighted by Crippen LogP contribution is 2.32. The quantitative estimate of drug-likeness (QED) is 0.798. The Balaban J connectivity index is 2.55. The van der Waals surface area contributed by atoms with Gasteiger partial charge in [0.2, 0.25) is 5.88 Å². The zero-order valence-electron chi connectivity index (χ0n) is 7.53. The lowest BCUT2D eigenvalue weighted by molar-refractivity contribution is 0.386. The van der Waals surface area contributed by atoms with Crippen LogP contribution in [0, 0.1) is 6.92 Å². The van der Waals surface area contributed by atoms with E-state index < -0.39 is 5.76 Å². The number of aromatic nitrogens is 3. The summed E-state index contributed by atoms with van der Waals surface area (Å²) in [5.74, 6) is 0.197. The van der Waals surface area contributed by atoms with Crippen LogP contribution in [-0.2, 0) is 0 Å². The van der Waals surface area contributed by atoms with Gasteiger partial charge in [-0.05, 0) is 6.92 Å². The van der Waals surface area contributed by atoms with Crippen LogP contribution in [0.3, 0.4) is 0 Å². The van der Waals surface area contributed by atoms with Crippen molar-refractivity contribution in [3.63, 3.8) is 0 Å². The van der Waals surface area contributed by atoms with E-state index in [0.29, 0.717) is 16.6 Å². The van der Waals surface area contributed by atoms with Crippen molar-refractivity contribution >= 4 is 11.3 Å². The maximum Gasteiger partial charge on any atom is 0.439 e. The number of methoxy groups -OCH3 is 1. The third-order valence-corrected chi connectivity index (χ3v) is 2.51. The van der Waals surface area contributed by atoms with Gasteiger partial charge in [-0.15, -0.1) is 11.3 Å². The van der Waals surface area contributed by atoms with Crippen molar-refractivity contribution in [2.45, 2.75) is 6.92 Å². The summed E-state index contributed by atoms with van der Waals surface area (Å²) in [6.07, 6.45) is 0. The first-order valence-electron chi connectivity index (χ1n) is 3.78. The lowest BCUT2D eigenvalue weighted by Crippen LogP contribution is -1.94. The van der Waals surface area contributed by atoms with E-state index in [2.05, 4.69) is 19.6 Å². The summed E-state index contributed by atoms with van der Waals surface area (Å²) in [7, 11) is 1.51. The fourth-order valence-corrected chi connectivity index (χ4v) is 1.85. The molecule has 2 rings (SSSR count). The highest BCUT2D eigenvalue weighted by molar-refractivity contribution is 7.15. The molecule has 1 N–H and O–H groups in total. The van der Waals surface area contributed by atoms with Gasteiger partial charge in [0.1, 0.15) is 4.88 Å². The minimum atomic E-state index is -0.590. The van der Waals surface area contributed by atoms with Crippen molar-refractivity contribution in [3.8, 4) is 16.6 Å². The van der Waals surface area contributed by atoms with Crippen LogP contribution in [0.25, 0.3) is 10.7 Å². The fourth-order valence-electron chi connectivity index (χ4n) is 1.02. The average Bonchev–Trinajstić information content (AvgIpc) is 2.71. The molecule has 2 aromatic rings. The number of nitrogens with zero attached hydrogens (tertiary/aromatic N) is 2. The Morgan fingerprint density at radius 1 is 1.57 bits per heavy atom. The third kappa shape index (κ3) is 1.41. The van der Waals surface area contributed by atoms with Gasteiger partial charge in [0, 0.05) is 0 Å². The van der Waals surface area contributed by atoms with E-state index in [9.17, 15) is 4.79 Å². The topological polar surface area (TPSA) is 81.0 Å². The van der Waals surface area contributed by atoms with Gasteiger partial charge in [-0.2, -0.15) is 0 Å². The zero-order valence-corrected chi connectivity index (χ0v) is 8.34. The second kappa shape index (κ2) is 3.26. The number of aromatic amines is 1. The van der Waals surface area contributed by atoms with E-state index >= 15 is 0 Å². The van der Waals surface area contributed by atoms with Gasteiger partial charge in [0.05, 0.1) is 12.1 Å². The predicted molar refractivity (Wildman–Crippen MR) is 49.5 cm³/mol. The Kier molecular flexibility index (Phi) is 2.08. The number of nitrogens with one attached hydrogen (secondary N) is 1. The summed E-state index contributed by atoms with van der Waals surface area (Å²) < 4.78 is 9.42. The molecule has 0 aliphatic heterocycles. The maximum absolute atomic E-state index is 10.7. The fraction of sp³-hybridized carbons (Fsp3) is 0.286. The molecule has 0 aliphatic rings. The molecule has 0 aliphatic carbocycles. The molecule has 0 saturated heterocycles. The van der Waals surface area contributed by atoms with E-state index in [1.807, 2.05) is 6.92 Å². The van der Waals surface area contributed by atoms with E-state index in [1.54, 1.807) is 0 Å². The molecule has 0 saturated carbocycles. The molecule has 0 radical (unpaired) electrons. The van der Waals surface area contributed by atoms with Gasteiger partial charge >= 0.3 is 5.76 Å². The molecule has 0 amide bonds. The smallest absolute Gasteiger partial charge is 0.439 e. The Morgan fingerprint density at radius 3 is 2.93 bits per heavy atom. The maximum atomic E-state index is 10.7. The number of ether oxygens (including phenoxy) is 1. The first kappa shape index (κ1) is 8.95. The van der Waals surface area contributed by atoms with Crippen molar-refractivity contribution in [1.82, 2.24) is 15.1 Å². The lowest BCUT2D eigenvalue weighted by Gasteiger charge is -1.93. The summed E-state index contributed by atoms with van der Waals surface area (Å²) >= 11 is 1.38. The molecule has 0 bridgehead atoms. The van der Waals surface area contributed by atoms with Crippen molar-refractivity contribution in [2.24, 2.45) is 0 Å². The van der Waals surface area contributed by atoms with E-state index in [0.717, 1.165) is 5.01 Å². The second-order valence-electron chi connectivity index (χ2n) is 2.51. The minimum Gasteiger partial charge on any atom is -0.480 e. The highest BCUT2D eigenvalue weighted by atomic mass is 32.1. The van der Waals surface area contributed by atoms with Gasteiger partial charge < -0.3 is 4.74 Å². The van der Waals surface area contributed by atoms with Gasteiger partial charge in [0.15, 0.2) is 5.82 Å². The van der Waals surface area contributed by atoms with Crippen LogP contribution in [0.2, 0.25) is 0 Å².